The van der Waals surface area contributed by atoms with Gasteiger partial charge in [0.05, 0.1) is 16.0 Å². The van der Waals surface area contributed by atoms with E-state index in [0.717, 1.165) is 38.8 Å². The summed E-state index contributed by atoms with van der Waals surface area (Å²) < 4.78 is 0. The minimum absolute atomic E-state index is 0.0700. The summed E-state index contributed by atoms with van der Waals surface area (Å²) in [6.07, 6.45) is 6.59. The summed E-state index contributed by atoms with van der Waals surface area (Å²) in [5.41, 5.74) is 1.53. The lowest BCUT2D eigenvalue weighted by Gasteiger charge is -2.39. The zero-order valence-corrected chi connectivity index (χ0v) is 20.8. The first-order valence-electron chi connectivity index (χ1n) is 12.3. The summed E-state index contributed by atoms with van der Waals surface area (Å²) >= 11 is 6.28. The lowest BCUT2D eigenvalue weighted by Crippen LogP contribution is -2.57. The summed E-state index contributed by atoms with van der Waals surface area (Å²) in [4.78, 5) is 40.3. The number of fused-ring (bicyclic) bond motifs is 1. The van der Waals surface area contributed by atoms with Gasteiger partial charge < -0.3 is 20.5 Å². The van der Waals surface area contributed by atoms with Crippen LogP contribution in [0, 0.1) is 5.92 Å². The number of aromatic nitrogens is 3. The van der Waals surface area contributed by atoms with Crippen LogP contribution in [0.3, 0.4) is 0 Å². The maximum absolute atomic E-state index is 13.3. The molecule has 1 aliphatic heterocycles. The van der Waals surface area contributed by atoms with Crippen LogP contribution < -0.4 is 10.6 Å². The Hall–Kier alpha value is -2.97. The highest BCUT2D eigenvalue weighted by atomic mass is 35.5. The average Bonchev–Trinajstić information content (AvgIpc) is 3.29. The third kappa shape index (κ3) is 4.90. The molecule has 0 unspecified atom stereocenters. The molecule has 35 heavy (non-hydrogen) atoms. The number of carbonyl (C=O) groups is 2. The minimum atomic E-state index is -0.173. The van der Waals surface area contributed by atoms with Crippen molar-refractivity contribution in [3.05, 3.63) is 52.9 Å². The Balaban J connectivity index is 1.29. The van der Waals surface area contributed by atoms with Crippen molar-refractivity contribution in [3.8, 4) is 0 Å². The zero-order chi connectivity index (χ0) is 24.5. The van der Waals surface area contributed by atoms with Crippen LogP contribution in [0.1, 0.15) is 55.5 Å². The van der Waals surface area contributed by atoms with Gasteiger partial charge in [-0.15, -0.1) is 0 Å². The second-order valence-electron chi connectivity index (χ2n) is 9.86. The van der Waals surface area contributed by atoms with Crippen LogP contribution in [0.5, 0.6) is 0 Å². The van der Waals surface area contributed by atoms with E-state index in [9.17, 15) is 9.59 Å². The molecular weight excluding hydrogens is 464 g/mol. The molecule has 0 radical (unpaired) electrons. The first-order valence-corrected chi connectivity index (χ1v) is 12.7. The van der Waals surface area contributed by atoms with Crippen LogP contribution in [-0.2, 0) is 4.79 Å². The molecule has 8 nitrogen and oxygen atoms in total. The summed E-state index contributed by atoms with van der Waals surface area (Å²) in [7, 11) is 0. The van der Waals surface area contributed by atoms with E-state index in [1.165, 1.54) is 6.33 Å². The van der Waals surface area contributed by atoms with E-state index >= 15 is 0 Å². The van der Waals surface area contributed by atoms with Crippen molar-refractivity contribution in [2.75, 3.05) is 18.4 Å². The molecule has 1 aromatic carbocycles. The number of anilines is 1. The van der Waals surface area contributed by atoms with E-state index in [-0.39, 0.29) is 23.7 Å². The number of hydrogen-bond donors (Lipinski definition) is 3. The molecule has 3 N–H and O–H groups in total. The number of carbonyl (C=O) groups excluding carboxylic acids is 2. The molecule has 0 spiro atoms. The highest BCUT2D eigenvalue weighted by Crippen LogP contribution is 2.32. The largest absolute Gasteiger partial charge is 0.367 e. The van der Waals surface area contributed by atoms with Crippen LogP contribution >= 0.6 is 11.6 Å². The van der Waals surface area contributed by atoms with Gasteiger partial charge in [-0.1, -0.05) is 23.7 Å². The van der Waals surface area contributed by atoms with Crippen LogP contribution in [0.2, 0.25) is 5.02 Å². The normalized spacial score (nSPS) is 24.9. The predicted octanol–water partition coefficient (Wildman–Crippen LogP) is 4.02. The average molecular weight is 495 g/mol. The third-order valence-corrected chi connectivity index (χ3v) is 7.45. The van der Waals surface area contributed by atoms with Crippen LogP contribution in [0.25, 0.3) is 11.0 Å². The standard InChI is InChI=1S/C26H31ClN6O2/c1-15-12-33(13-16(2)31-15)26(35)17-7-9-18(10-8-17)32-25-22-20(11-28-24(22)29-14-30-25)23(34)19-5-3-4-6-21(19)27/h3-6,11,14-18,31H,7-10,12-13H2,1-2H3,(H2,28,29,30,32)/t15-,16+,17-,18+. The van der Waals surface area contributed by atoms with Crippen LogP contribution in [-0.4, -0.2) is 62.8 Å². The molecule has 0 bridgehead atoms. The molecule has 2 fully saturated rings. The molecule has 184 valence electrons. The Morgan fingerprint density at radius 1 is 1.03 bits per heavy atom. The van der Waals surface area contributed by atoms with Gasteiger partial charge in [-0.3, -0.25) is 9.59 Å². The maximum atomic E-state index is 13.3. The summed E-state index contributed by atoms with van der Waals surface area (Å²) in [5, 5.41) is 8.10. The minimum Gasteiger partial charge on any atom is -0.367 e. The molecule has 9 heteroatoms. The Bertz CT molecular complexity index is 1230. The van der Waals surface area contributed by atoms with Gasteiger partial charge in [0, 0.05) is 48.9 Å². The molecule has 1 saturated heterocycles. The van der Waals surface area contributed by atoms with E-state index in [1.54, 1.807) is 30.5 Å². The number of piperazine rings is 1. The van der Waals surface area contributed by atoms with Gasteiger partial charge in [0.25, 0.3) is 0 Å². The second kappa shape index (κ2) is 9.95. The molecule has 1 amide bonds. The highest BCUT2D eigenvalue weighted by Gasteiger charge is 2.33. The van der Waals surface area contributed by atoms with Crippen molar-refractivity contribution in [3.63, 3.8) is 0 Å². The van der Waals surface area contributed by atoms with Gasteiger partial charge in [-0.25, -0.2) is 9.97 Å². The van der Waals surface area contributed by atoms with E-state index < -0.39 is 0 Å². The fourth-order valence-corrected chi connectivity index (χ4v) is 5.71. The number of H-pyrrole nitrogens is 1. The van der Waals surface area contributed by atoms with E-state index in [1.807, 2.05) is 4.90 Å². The molecule has 1 aliphatic carbocycles. The van der Waals surface area contributed by atoms with Gasteiger partial charge in [0.15, 0.2) is 5.78 Å². The van der Waals surface area contributed by atoms with Gasteiger partial charge in [0.1, 0.15) is 17.8 Å². The SMILES string of the molecule is C[C@@H]1CN(C(=O)[C@H]2CC[C@@H](Nc3ncnc4[nH]cc(C(=O)c5ccccc5Cl)c34)CC2)C[C@H](C)N1. The summed E-state index contributed by atoms with van der Waals surface area (Å²) in [5.74, 6) is 0.812. The molecule has 2 aliphatic rings. The van der Waals surface area contributed by atoms with Gasteiger partial charge in [-0.05, 0) is 51.7 Å². The maximum Gasteiger partial charge on any atom is 0.225 e. The highest BCUT2D eigenvalue weighted by molar-refractivity contribution is 6.35. The molecule has 5 rings (SSSR count). The predicted molar refractivity (Wildman–Crippen MR) is 137 cm³/mol. The van der Waals surface area contributed by atoms with Crippen molar-refractivity contribution >= 4 is 40.1 Å². The number of nitrogens with zero attached hydrogens (tertiary/aromatic N) is 3. The first kappa shape index (κ1) is 23.8. The number of rotatable bonds is 5. The summed E-state index contributed by atoms with van der Waals surface area (Å²) in [6, 6.07) is 7.85. The van der Waals surface area contributed by atoms with E-state index in [2.05, 4.69) is 39.4 Å². The molecule has 2 atom stereocenters. The van der Waals surface area contributed by atoms with Gasteiger partial charge >= 0.3 is 0 Å². The number of amides is 1. The molecule has 1 saturated carbocycles. The number of halogens is 1. The summed E-state index contributed by atoms with van der Waals surface area (Å²) in [6.45, 7) is 5.81. The van der Waals surface area contributed by atoms with Crippen molar-refractivity contribution < 1.29 is 9.59 Å². The molecule has 3 aromatic rings. The Morgan fingerprint density at radius 2 is 1.74 bits per heavy atom. The van der Waals surface area contributed by atoms with Crippen molar-refractivity contribution in [1.82, 2.24) is 25.2 Å². The quantitative estimate of drug-likeness (QED) is 0.463. The first-order chi connectivity index (χ1) is 16.9. The number of nitrogens with one attached hydrogen (secondary N) is 3. The fraction of sp³-hybridized carbons (Fsp3) is 0.462. The van der Waals surface area contributed by atoms with Gasteiger partial charge in [-0.2, -0.15) is 0 Å². The zero-order valence-electron chi connectivity index (χ0n) is 20.1. The molecule has 3 heterocycles. The van der Waals surface area contributed by atoms with Crippen LogP contribution in [0.4, 0.5) is 5.82 Å². The number of ketones is 1. The van der Waals surface area contributed by atoms with E-state index in [4.69, 9.17) is 11.6 Å². The van der Waals surface area contributed by atoms with Crippen LogP contribution in [0.15, 0.2) is 36.8 Å². The number of aromatic amines is 1. The number of benzene rings is 1. The third-order valence-electron chi connectivity index (χ3n) is 7.12. The fourth-order valence-electron chi connectivity index (χ4n) is 5.48. The Labute approximate surface area is 209 Å². The topological polar surface area (TPSA) is 103 Å². The van der Waals surface area contributed by atoms with Crippen molar-refractivity contribution in [2.45, 2.75) is 57.7 Å². The lowest BCUT2D eigenvalue weighted by atomic mass is 9.84. The Morgan fingerprint density at radius 3 is 2.46 bits per heavy atom. The van der Waals surface area contributed by atoms with E-state index in [0.29, 0.717) is 45.1 Å². The monoisotopic (exact) mass is 494 g/mol. The van der Waals surface area contributed by atoms with Crippen molar-refractivity contribution in [2.24, 2.45) is 5.92 Å². The molecular formula is C26H31ClN6O2. The Kier molecular flexibility index (Phi) is 6.75. The molecule has 2 aromatic heterocycles. The second-order valence-corrected chi connectivity index (χ2v) is 10.3. The smallest absolute Gasteiger partial charge is 0.225 e. The van der Waals surface area contributed by atoms with Crippen molar-refractivity contribution in [1.29, 1.82) is 0 Å². The lowest BCUT2D eigenvalue weighted by molar-refractivity contribution is -0.138. The van der Waals surface area contributed by atoms with Gasteiger partial charge in [0.2, 0.25) is 5.91 Å². The number of hydrogen-bond acceptors (Lipinski definition) is 6.